The van der Waals surface area contributed by atoms with Gasteiger partial charge >= 0.3 is 0 Å². The Kier molecular flexibility index (Phi) is 25.0. The molecule has 1 aliphatic heterocycles. The molecule has 0 aromatic carbocycles. The highest BCUT2D eigenvalue weighted by atomic mass is 15.4. The van der Waals surface area contributed by atoms with E-state index in [0.29, 0.717) is 6.17 Å². The van der Waals surface area contributed by atoms with E-state index in [2.05, 4.69) is 43.1 Å². The topological polar surface area (TPSA) is 6.48 Å². The quantitative estimate of drug-likeness (QED) is 0.0908. The van der Waals surface area contributed by atoms with Gasteiger partial charge in [-0.05, 0) is 19.3 Å². The van der Waals surface area contributed by atoms with E-state index in [1.54, 1.807) is 0 Å². The minimum Gasteiger partial charge on any atom is -0.359 e. The Labute approximate surface area is 235 Å². The first-order chi connectivity index (χ1) is 18.3. The highest BCUT2D eigenvalue weighted by Gasteiger charge is 2.22. The predicted molar refractivity (Wildman–Crippen MR) is 168 cm³/mol. The molecule has 37 heavy (non-hydrogen) atoms. The maximum Gasteiger partial charge on any atom is 0.100 e. The van der Waals surface area contributed by atoms with Crippen molar-refractivity contribution in [3.63, 3.8) is 0 Å². The zero-order chi connectivity index (χ0) is 26.7. The molecule has 0 fully saturated rings. The van der Waals surface area contributed by atoms with Crippen molar-refractivity contribution in [1.29, 1.82) is 0 Å². The van der Waals surface area contributed by atoms with Gasteiger partial charge in [-0.1, -0.05) is 174 Å². The second-order valence-electron chi connectivity index (χ2n) is 12.3. The molecule has 0 aromatic heterocycles. The fraction of sp³-hybridized carbons (Fsp3) is 0.943. The first-order valence-corrected chi connectivity index (χ1v) is 17.5. The van der Waals surface area contributed by atoms with Crippen LogP contribution >= 0.6 is 0 Å². The van der Waals surface area contributed by atoms with Gasteiger partial charge in [-0.25, -0.2) is 0 Å². The second kappa shape index (κ2) is 26.9. The Balaban J connectivity index is 1.88. The van der Waals surface area contributed by atoms with Gasteiger partial charge < -0.3 is 9.80 Å². The SMILES string of the molecule is CCCCCCCCCCCCCCCCN1C=CN(C)C1CCCCCCCCCCCCCCC. The van der Waals surface area contributed by atoms with Crippen molar-refractivity contribution >= 4 is 0 Å². The largest absolute Gasteiger partial charge is 0.359 e. The van der Waals surface area contributed by atoms with Crippen LogP contribution in [-0.4, -0.2) is 29.6 Å². The van der Waals surface area contributed by atoms with Crippen LogP contribution in [0.15, 0.2) is 12.4 Å². The van der Waals surface area contributed by atoms with Crippen molar-refractivity contribution in [2.45, 2.75) is 200 Å². The molecule has 0 aromatic rings. The molecule has 1 aliphatic rings. The summed E-state index contributed by atoms with van der Waals surface area (Å²) in [6.07, 6.45) is 45.6. The zero-order valence-corrected chi connectivity index (χ0v) is 26.1. The average Bonchev–Trinajstić information content (AvgIpc) is 3.25. The lowest BCUT2D eigenvalue weighted by molar-refractivity contribution is 0.159. The summed E-state index contributed by atoms with van der Waals surface area (Å²) in [5.74, 6) is 0. The average molecular weight is 519 g/mol. The number of rotatable bonds is 29. The molecule has 0 saturated heterocycles. The minimum atomic E-state index is 0.620. The second-order valence-corrected chi connectivity index (χ2v) is 12.3. The van der Waals surface area contributed by atoms with E-state index in [-0.39, 0.29) is 0 Å². The lowest BCUT2D eigenvalue weighted by Gasteiger charge is -2.30. The van der Waals surface area contributed by atoms with Crippen LogP contribution in [0.2, 0.25) is 0 Å². The maximum atomic E-state index is 2.63. The molecule has 0 spiro atoms. The summed E-state index contributed by atoms with van der Waals surface area (Å²) >= 11 is 0. The van der Waals surface area contributed by atoms with Crippen molar-refractivity contribution in [3.8, 4) is 0 Å². The molecule has 0 N–H and O–H groups in total. The van der Waals surface area contributed by atoms with Gasteiger partial charge in [0.1, 0.15) is 6.17 Å². The van der Waals surface area contributed by atoms with Crippen molar-refractivity contribution in [2.75, 3.05) is 13.6 Å². The third-order valence-corrected chi connectivity index (χ3v) is 8.68. The Morgan fingerprint density at radius 2 is 0.730 bits per heavy atom. The van der Waals surface area contributed by atoms with Crippen molar-refractivity contribution in [3.05, 3.63) is 12.4 Å². The Hall–Kier alpha value is -0.660. The van der Waals surface area contributed by atoms with Gasteiger partial charge in [0.2, 0.25) is 0 Å². The van der Waals surface area contributed by atoms with Crippen LogP contribution < -0.4 is 0 Å². The zero-order valence-electron chi connectivity index (χ0n) is 26.1. The van der Waals surface area contributed by atoms with E-state index in [4.69, 9.17) is 0 Å². The molecule has 1 atom stereocenters. The van der Waals surface area contributed by atoms with E-state index in [9.17, 15) is 0 Å². The van der Waals surface area contributed by atoms with Crippen LogP contribution in [0.3, 0.4) is 0 Å². The molecule has 0 amide bonds. The molecule has 0 aliphatic carbocycles. The fourth-order valence-corrected chi connectivity index (χ4v) is 6.05. The van der Waals surface area contributed by atoms with E-state index in [1.807, 2.05) is 0 Å². The smallest absolute Gasteiger partial charge is 0.100 e. The Bertz CT molecular complexity index is 474. The normalized spacial score (nSPS) is 15.4. The summed E-state index contributed by atoms with van der Waals surface area (Å²) in [5, 5.41) is 0. The molecule has 1 heterocycles. The minimum absolute atomic E-state index is 0.620. The van der Waals surface area contributed by atoms with Gasteiger partial charge in [0.25, 0.3) is 0 Å². The van der Waals surface area contributed by atoms with E-state index in [0.717, 1.165) is 0 Å². The summed E-state index contributed by atoms with van der Waals surface area (Å²) in [5.41, 5.74) is 0. The lowest BCUT2D eigenvalue weighted by Crippen LogP contribution is -2.37. The van der Waals surface area contributed by atoms with Gasteiger partial charge in [0.05, 0.1) is 0 Å². The number of nitrogens with zero attached hydrogens (tertiary/aromatic N) is 2. The van der Waals surface area contributed by atoms with Crippen molar-refractivity contribution < 1.29 is 0 Å². The third-order valence-electron chi connectivity index (χ3n) is 8.68. The predicted octanol–water partition coefficient (Wildman–Crippen LogP) is 12.0. The molecule has 2 heteroatoms. The number of hydrogen-bond acceptors (Lipinski definition) is 2. The Morgan fingerprint density at radius 1 is 0.405 bits per heavy atom. The molecule has 1 rings (SSSR count). The fourth-order valence-electron chi connectivity index (χ4n) is 6.05. The molecular formula is C35H70N2. The molecule has 2 nitrogen and oxygen atoms in total. The van der Waals surface area contributed by atoms with Gasteiger partial charge in [-0.3, -0.25) is 0 Å². The first kappa shape index (κ1) is 34.4. The number of unbranched alkanes of at least 4 members (excludes halogenated alkanes) is 25. The van der Waals surface area contributed by atoms with Crippen LogP contribution in [0.4, 0.5) is 0 Å². The first-order valence-electron chi connectivity index (χ1n) is 17.5. The molecule has 1 unspecified atom stereocenters. The molecule has 0 radical (unpaired) electrons. The standard InChI is InChI=1S/C35H70N2/c1-4-6-8-10-12-14-16-18-20-22-24-26-28-30-32-37-34-33-36(3)35(37)31-29-27-25-23-21-19-17-15-13-11-9-7-5-2/h33-35H,4-32H2,1-3H3. The van der Waals surface area contributed by atoms with E-state index >= 15 is 0 Å². The molecule has 220 valence electrons. The van der Waals surface area contributed by atoms with E-state index in [1.165, 1.54) is 186 Å². The summed E-state index contributed by atoms with van der Waals surface area (Å²) in [4.78, 5) is 5.07. The maximum absolute atomic E-state index is 2.63. The molecular weight excluding hydrogens is 448 g/mol. The van der Waals surface area contributed by atoms with E-state index < -0.39 is 0 Å². The highest BCUT2D eigenvalue weighted by Crippen LogP contribution is 2.22. The van der Waals surface area contributed by atoms with Crippen LogP contribution in [-0.2, 0) is 0 Å². The van der Waals surface area contributed by atoms with Gasteiger partial charge in [0, 0.05) is 26.0 Å². The molecule has 0 saturated carbocycles. The van der Waals surface area contributed by atoms with Crippen LogP contribution in [0.1, 0.15) is 194 Å². The van der Waals surface area contributed by atoms with Gasteiger partial charge in [-0.15, -0.1) is 0 Å². The number of hydrogen-bond donors (Lipinski definition) is 0. The third kappa shape index (κ3) is 20.9. The van der Waals surface area contributed by atoms with Gasteiger partial charge in [0.15, 0.2) is 0 Å². The Morgan fingerprint density at radius 3 is 1.11 bits per heavy atom. The van der Waals surface area contributed by atoms with Crippen molar-refractivity contribution in [1.82, 2.24) is 9.80 Å². The summed E-state index contributed by atoms with van der Waals surface area (Å²) in [6, 6.07) is 0. The monoisotopic (exact) mass is 519 g/mol. The van der Waals surface area contributed by atoms with Crippen LogP contribution in [0.25, 0.3) is 0 Å². The van der Waals surface area contributed by atoms with Crippen LogP contribution in [0.5, 0.6) is 0 Å². The lowest BCUT2D eigenvalue weighted by atomic mass is 10.0. The van der Waals surface area contributed by atoms with Gasteiger partial charge in [-0.2, -0.15) is 0 Å². The summed E-state index contributed by atoms with van der Waals surface area (Å²) in [7, 11) is 2.27. The molecule has 0 bridgehead atoms. The highest BCUT2D eigenvalue weighted by molar-refractivity contribution is 4.95. The summed E-state index contributed by atoms with van der Waals surface area (Å²) < 4.78 is 0. The van der Waals surface area contributed by atoms with Crippen LogP contribution in [0, 0.1) is 0 Å². The van der Waals surface area contributed by atoms with Crippen molar-refractivity contribution in [2.24, 2.45) is 0 Å². The summed E-state index contributed by atoms with van der Waals surface area (Å²) in [6.45, 7) is 5.86.